The van der Waals surface area contributed by atoms with E-state index in [1.807, 2.05) is 20.8 Å². The zero-order chi connectivity index (χ0) is 12.6. The second-order valence-electron chi connectivity index (χ2n) is 4.74. The molecule has 17 heavy (non-hydrogen) atoms. The van der Waals surface area contributed by atoms with Gasteiger partial charge in [0.1, 0.15) is 4.47 Å². The summed E-state index contributed by atoms with van der Waals surface area (Å²) in [6.45, 7) is 6.08. The summed E-state index contributed by atoms with van der Waals surface area (Å²) in [5, 5.41) is 3.04. The molecule has 0 spiro atoms. The van der Waals surface area contributed by atoms with Crippen LogP contribution in [0.2, 0.25) is 0 Å². The van der Waals surface area contributed by atoms with Crippen LogP contribution in [-0.2, 0) is 5.41 Å². The molecule has 0 saturated heterocycles. The van der Waals surface area contributed by atoms with Gasteiger partial charge >= 0.3 is 0 Å². The second kappa shape index (κ2) is 4.10. The average molecular weight is 297 g/mol. The van der Waals surface area contributed by atoms with Crippen LogP contribution in [0.15, 0.2) is 27.7 Å². The molecule has 0 aliphatic rings. The monoisotopic (exact) mass is 296 g/mol. The number of nitrogens with one attached hydrogen (secondary N) is 1. The van der Waals surface area contributed by atoms with Crippen LogP contribution in [0.1, 0.15) is 26.5 Å². The van der Waals surface area contributed by atoms with Crippen molar-refractivity contribution in [3.05, 3.63) is 39.0 Å². The van der Waals surface area contributed by atoms with E-state index >= 15 is 0 Å². The molecule has 0 fully saturated rings. The van der Waals surface area contributed by atoms with Gasteiger partial charge in [0.2, 0.25) is 0 Å². The minimum Gasteiger partial charge on any atom is -0.291 e. The Labute approximate surface area is 107 Å². The standard InChI is InChI=1S/C11H13BrN4O/c1-11(2,3)8-7(12)9(17)16(15-8)10-13-5-4-6-14-10/h4-6,15H,1-3H3. The van der Waals surface area contributed by atoms with Gasteiger partial charge in [0.15, 0.2) is 0 Å². The summed E-state index contributed by atoms with van der Waals surface area (Å²) in [6, 6.07) is 1.71. The first-order chi connectivity index (χ1) is 7.91. The lowest BCUT2D eigenvalue weighted by Gasteiger charge is -2.16. The number of aromatic amines is 1. The summed E-state index contributed by atoms with van der Waals surface area (Å²) in [5.41, 5.74) is 0.494. The van der Waals surface area contributed by atoms with Crippen LogP contribution in [0.4, 0.5) is 0 Å². The number of H-pyrrole nitrogens is 1. The van der Waals surface area contributed by atoms with E-state index in [2.05, 4.69) is 31.0 Å². The van der Waals surface area contributed by atoms with E-state index in [0.29, 0.717) is 10.4 Å². The molecular weight excluding hydrogens is 284 g/mol. The zero-order valence-electron chi connectivity index (χ0n) is 9.86. The van der Waals surface area contributed by atoms with Crippen LogP contribution >= 0.6 is 15.9 Å². The SMILES string of the molecule is CC(C)(C)c1[nH]n(-c2ncccn2)c(=O)c1Br. The highest BCUT2D eigenvalue weighted by Crippen LogP contribution is 2.25. The first kappa shape index (κ1) is 12.0. The van der Waals surface area contributed by atoms with Gasteiger partial charge in [0.05, 0.1) is 5.69 Å². The highest BCUT2D eigenvalue weighted by atomic mass is 79.9. The fourth-order valence-corrected chi connectivity index (χ4v) is 2.32. The molecule has 1 N–H and O–H groups in total. The predicted molar refractivity (Wildman–Crippen MR) is 68.4 cm³/mol. The van der Waals surface area contributed by atoms with Gasteiger partial charge in [0, 0.05) is 17.8 Å². The maximum atomic E-state index is 12.0. The topological polar surface area (TPSA) is 63.6 Å². The Kier molecular flexibility index (Phi) is 2.91. The molecule has 2 heterocycles. The molecule has 0 radical (unpaired) electrons. The molecule has 0 amide bonds. The van der Waals surface area contributed by atoms with Crippen LogP contribution < -0.4 is 5.56 Å². The second-order valence-corrected chi connectivity index (χ2v) is 5.53. The van der Waals surface area contributed by atoms with Crippen molar-refractivity contribution in [2.24, 2.45) is 0 Å². The summed E-state index contributed by atoms with van der Waals surface area (Å²) >= 11 is 3.31. The summed E-state index contributed by atoms with van der Waals surface area (Å²) in [7, 11) is 0. The van der Waals surface area contributed by atoms with Crippen molar-refractivity contribution in [3.63, 3.8) is 0 Å². The quantitative estimate of drug-likeness (QED) is 0.876. The molecule has 0 aliphatic carbocycles. The smallest absolute Gasteiger partial charge is 0.288 e. The molecule has 0 unspecified atom stereocenters. The van der Waals surface area contributed by atoms with Gasteiger partial charge in [-0.3, -0.25) is 9.89 Å². The van der Waals surface area contributed by atoms with E-state index in [1.54, 1.807) is 18.5 Å². The summed E-state index contributed by atoms with van der Waals surface area (Å²) in [4.78, 5) is 20.1. The first-order valence-corrected chi connectivity index (χ1v) is 5.99. The van der Waals surface area contributed by atoms with Crippen molar-refractivity contribution >= 4 is 15.9 Å². The van der Waals surface area contributed by atoms with Crippen LogP contribution in [0.5, 0.6) is 0 Å². The van der Waals surface area contributed by atoms with Crippen molar-refractivity contribution in [2.45, 2.75) is 26.2 Å². The molecule has 2 aromatic heterocycles. The Morgan fingerprint density at radius 3 is 2.35 bits per heavy atom. The van der Waals surface area contributed by atoms with E-state index in [1.165, 1.54) is 4.68 Å². The van der Waals surface area contributed by atoms with E-state index < -0.39 is 0 Å². The molecular formula is C11H13BrN4O. The van der Waals surface area contributed by atoms with Crippen molar-refractivity contribution < 1.29 is 0 Å². The Balaban J connectivity index is 2.63. The molecule has 2 aromatic rings. The molecule has 0 atom stereocenters. The lowest BCUT2D eigenvalue weighted by Crippen LogP contribution is -2.17. The van der Waals surface area contributed by atoms with Gasteiger partial charge in [-0.25, -0.2) is 9.97 Å². The summed E-state index contributed by atoms with van der Waals surface area (Å²) in [5.74, 6) is 0.341. The van der Waals surface area contributed by atoms with Gasteiger partial charge in [-0.15, -0.1) is 0 Å². The van der Waals surface area contributed by atoms with Gasteiger partial charge in [-0.05, 0) is 22.0 Å². The van der Waals surface area contributed by atoms with Crippen molar-refractivity contribution in [1.29, 1.82) is 0 Å². The third kappa shape index (κ3) is 2.17. The summed E-state index contributed by atoms with van der Waals surface area (Å²) < 4.78 is 1.86. The normalized spacial score (nSPS) is 11.8. The van der Waals surface area contributed by atoms with E-state index in [0.717, 1.165) is 5.69 Å². The van der Waals surface area contributed by atoms with Crippen molar-refractivity contribution in [2.75, 3.05) is 0 Å². The van der Waals surface area contributed by atoms with Gasteiger partial charge in [0.25, 0.3) is 11.5 Å². The number of hydrogen-bond acceptors (Lipinski definition) is 3. The molecule has 0 aliphatic heterocycles. The van der Waals surface area contributed by atoms with E-state index in [4.69, 9.17) is 0 Å². The number of halogens is 1. The fraction of sp³-hybridized carbons (Fsp3) is 0.364. The third-order valence-corrected chi connectivity index (χ3v) is 3.07. The maximum Gasteiger partial charge on any atom is 0.288 e. The predicted octanol–water partition coefficient (Wildman–Crippen LogP) is 2.02. The molecule has 90 valence electrons. The lowest BCUT2D eigenvalue weighted by molar-refractivity contribution is 0.555. The van der Waals surface area contributed by atoms with Crippen LogP contribution in [0.25, 0.3) is 5.95 Å². The number of aromatic nitrogens is 4. The van der Waals surface area contributed by atoms with Crippen LogP contribution in [-0.4, -0.2) is 19.7 Å². The van der Waals surface area contributed by atoms with Gasteiger partial charge < -0.3 is 0 Å². The minimum absolute atomic E-state index is 0.155. The first-order valence-electron chi connectivity index (χ1n) is 5.19. The number of rotatable bonds is 1. The Morgan fingerprint density at radius 2 is 1.88 bits per heavy atom. The molecule has 6 heteroatoms. The minimum atomic E-state index is -0.180. The Morgan fingerprint density at radius 1 is 1.29 bits per heavy atom. The lowest BCUT2D eigenvalue weighted by atomic mass is 9.93. The Bertz CT molecular complexity index is 580. The number of hydrogen-bond donors (Lipinski definition) is 1. The van der Waals surface area contributed by atoms with E-state index in [9.17, 15) is 4.79 Å². The Hall–Kier alpha value is -1.43. The zero-order valence-corrected chi connectivity index (χ0v) is 11.4. The molecule has 5 nitrogen and oxygen atoms in total. The van der Waals surface area contributed by atoms with Crippen LogP contribution in [0.3, 0.4) is 0 Å². The largest absolute Gasteiger partial charge is 0.291 e. The van der Waals surface area contributed by atoms with Gasteiger partial charge in [-0.1, -0.05) is 20.8 Å². The van der Waals surface area contributed by atoms with Crippen LogP contribution in [0, 0.1) is 0 Å². The molecule has 0 aromatic carbocycles. The summed E-state index contributed by atoms with van der Waals surface area (Å²) in [6.07, 6.45) is 3.20. The number of nitrogens with zero attached hydrogens (tertiary/aromatic N) is 3. The highest BCUT2D eigenvalue weighted by molar-refractivity contribution is 9.10. The highest BCUT2D eigenvalue weighted by Gasteiger charge is 2.24. The van der Waals surface area contributed by atoms with Crippen molar-refractivity contribution in [1.82, 2.24) is 19.7 Å². The fourth-order valence-electron chi connectivity index (χ4n) is 1.46. The third-order valence-electron chi connectivity index (χ3n) is 2.34. The molecule has 0 saturated carbocycles. The maximum absolute atomic E-state index is 12.0. The molecule has 2 rings (SSSR count). The average Bonchev–Trinajstić information content (AvgIpc) is 2.57. The van der Waals surface area contributed by atoms with Crippen molar-refractivity contribution in [3.8, 4) is 5.95 Å². The molecule has 0 bridgehead atoms. The van der Waals surface area contributed by atoms with Gasteiger partial charge in [-0.2, -0.15) is 4.68 Å². The van der Waals surface area contributed by atoms with E-state index in [-0.39, 0.29) is 11.0 Å².